The number of halogens is 1. The van der Waals surface area contributed by atoms with Crippen molar-refractivity contribution in [3.63, 3.8) is 0 Å². The lowest BCUT2D eigenvalue weighted by Crippen LogP contribution is -2.39. The Balaban J connectivity index is 0.00000280. The van der Waals surface area contributed by atoms with Crippen molar-refractivity contribution in [3.05, 3.63) is 30.2 Å². The number of hydrogen-bond donors (Lipinski definition) is 2. The quantitative estimate of drug-likeness (QED) is 0.338. The third kappa shape index (κ3) is 6.43. The molecule has 1 aliphatic heterocycles. The van der Waals surface area contributed by atoms with Crippen molar-refractivity contribution in [2.24, 2.45) is 4.99 Å². The molecular weight excluding hydrogens is 473 g/mol. The van der Waals surface area contributed by atoms with Crippen molar-refractivity contribution in [2.75, 3.05) is 32.7 Å². The number of pyridine rings is 1. The second-order valence-corrected chi connectivity index (χ2v) is 6.19. The summed E-state index contributed by atoms with van der Waals surface area (Å²) in [6, 6.07) is 5.53. The highest BCUT2D eigenvalue weighted by atomic mass is 127. The highest BCUT2D eigenvalue weighted by Gasteiger charge is 2.17. The third-order valence-electron chi connectivity index (χ3n) is 4.17. The van der Waals surface area contributed by atoms with Crippen molar-refractivity contribution >= 4 is 35.8 Å². The van der Waals surface area contributed by atoms with Crippen LogP contribution in [0.2, 0.25) is 0 Å². The molecule has 1 saturated heterocycles. The summed E-state index contributed by atoms with van der Waals surface area (Å²) in [5, 5.41) is 10.3. The van der Waals surface area contributed by atoms with Gasteiger partial charge in [0.05, 0.1) is 0 Å². The zero-order valence-corrected chi connectivity index (χ0v) is 18.3. The maximum Gasteiger partial charge on any atom is 0.276 e. The Labute approximate surface area is 181 Å². The van der Waals surface area contributed by atoms with E-state index < -0.39 is 0 Å². The largest absolute Gasteiger partial charge is 0.357 e. The van der Waals surface area contributed by atoms with E-state index in [1.54, 1.807) is 6.20 Å². The maximum atomic E-state index is 12.1. The molecule has 3 heterocycles. The van der Waals surface area contributed by atoms with E-state index in [2.05, 4.69) is 30.8 Å². The summed E-state index contributed by atoms with van der Waals surface area (Å²) in [6.45, 7) is 5.11. The monoisotopic (exact) mass is 499 g/mol. The first-order chi connectivity index (χ1) is 13.3. The van der Waals surface area contributed by atoms with Gasteiger partial charge in [-0.25, -0.2) is 4.99 Å². The van der Waals surface area contributed by atoms with E-state index in [-0.39, 0.29) is 36.4 Å². The van der Waals surface area contributed by atoms with Gasteiger partial charge in [0.15, 0.2) is 11.8 Å². The maximum absolute atomic E-state index is 12.1. The molecule has 2 aromatic heterocycles. The molecule has 0 spiro atoms. The first kappa shape index (κ1) is 22.1. The highest BCUT2D eigenvalue weighted by Crippen LogP contribution is 2.13. The van der Waals surface area contributed by atoms with Gasteiger partial charge in [0.25, 0.3) is 5.89 Å². The minimum atomic E-state index is 0. The second-order valence-electron chi connectivity index (χ2n) is 6.19. The fraction of sp³-hybridized carbons (Fsp3) is 0.500. The van der Waals surface area contributed by atoms with Crippen LogP contribution in [0.25, 0.3) is 11.6 Å². The van der Waals surface area contributed by atoms with Crippen LogP contribution >= 0.6 is 24.0 Å². The summed E-state index contributed by atoms with van der Waals surface area (Å²) < 4.78 is 5.24. The van der Waals surface area contributed by atoms with E-state index >= 15 is 0 Å². The average molecular weight is 499 g/mol. The van der Waals surface area contributed by atoms with E-state index in [0.29, 0.717) is 36.3 Å². The van der Waals surface area contributed by atoms with Crippen molar-refractivity contribution in [3.8, 4) is 11.6 Å². The lowest BCUT2D eigenvalue weighted by Gasteiger charge is -2.15. The van der Waals surface area contributed by atoms with Crippen LogP contribution in [0.4, 0.5) is 0 Å². The highest BCUT2D eigenvalue weighted by molar-refractivity contribution is 14.0. The van der Waals surface area contributed by atoms with Gasteiger partial charge in [-0.2, -0.15) is 4.98 Å². The molecule has 3 rings (SSSR count). The molecule has 0 radical (unpaired) electrons. The fourth-order valence-corrected chi connectivity index (χ4v) is 2.80. The van der Waals surface area contributed by atoms with E-state index in [4.69, 9.17) is 4.52 Å². The van der Waals surface area contributed by atoms with E-state index in [9.17, 15) is 4.79 Å². The predicted octanol–water partition coefficient (Wildman–Crippen LogP) is 1.47. The summed E-state index contributed by atoms with van der Waals surface area (Å²) in [5.74, 6) is 1.68. The summed E-state index contributed by atoms with van der Waals surface area (Å²) in [7, 11) is 0. The summed E-state index contributed by atoms with van der Waals surface area (Å²) in [6.07, 6.45) is 4.42. The van der Waals surface area contributed by atoms with E-state index in [1.807, 2.05) is 30.0 Å². The standard InChI is InChI=1S/C18H25N7O2.HI/c1-2-19-18(22-13-16(26)25-11-5-6-12-25)21-10-8-15-23-17(27-24-15)14-7-3-4-9-20-14;/h3-4,7,9H,2,5-6,8,10-13H2,1H3,(H2,19,21,22);1H. The van der Waals surface area contributed by atoms with Crippen LogP contribution in [0.3, 0.4) is 0 Å². The number of nitrogens with one attached hydrogen (secondary N) is 2. The van der Waals surface area contributed by atoms with Gasteiger partial charge >= 0.3 is 0 Å². The number of hydrogen-bond acceptors (Lipinski definition) is 6. The number of aromatic nitrogens is 3. The molecule has 1 fully saturated rings. The number of rotatable bonds is 7. The molecule has 2 N–H and O–H groups in total. The first-order valence-electron chi connectivity index (χ1n) is 9.30. The van der Waals surface area contributed by atoms with Crippen molar-refractivity contribution in [1.82, 2.24) is 30.7 Å². The molecule has 9 nitrogen and oxygen atoms in total. The van der Waals surface area contributed by atoms with E-state index in [0.717, 1.165) is 32.5 Å². The zero-order valence-electron chi connectivity index (χ0n) is 15.9. The number of likely N-dealkylation sites (tertiary alicyclic amines) is 1. The van der Waals surface area contributed by atoms with Gasteiger partial charge in [0.1, 0.15) is 12.2 Å². The Morgan fingerprint density at radius 2 is 2.11 bits per heavy atom. The molecule has 2 aromatic rings. The zero-order chi connectivity index (χ0) is 18.9. The minimum Gasteiger partial charge on any atom is -0.357 e. The topological polar surface area (TPSA) is 109 Å². The van der Waals surface area contributed by atoms with Gasteiger partial charge in [0.2, 0.25) is 5.91 Å². The normalized spacial score (nSPS) is 13.9. The van der Waals surface area contributed by atoms with Gasteiger partial charge in [-0.15, -0.1) is 24.0 Å². The van der Waals surface area contributed by atoms with Crippen LogP contribution in [0.1, 0.15) is 25.6 Å². The molecule has 1 amide bonds. The molecule has 0 unspecified atom stereocenters. The lowest BCUT2D eigenvalue weighted by molar-refractivity contribution is -0.128. The smallest absolute Gasteiger partial charge is 0.276 e. The van der Waals surface area contributed by atoms with Crippen molar-refractivity contribution in [2.45, 2.75) is 26.2 Å². The molecule has 0 aromatic carbocycles. The van der Waals surface area contributed by atoms with E-state index in [1.165, 1.54) is 0 Å². The van der Waals surface area contributed by atoms with Crippen LogP contribution in [-0.4, -0.2) is 64.6 Å². The third-order valence-corrected chi connectivity index (χ3v) is 4.17. The number of amides is 1. The van der Waals surface area contributed by atoms with Crippen LogP contribution in [0, 0.1) is 0 Å². The van der Waals surface area contributed by atoms with Crippen molar-refractivity contribution in [1.29, 1.82) is 0 Å². The number of guanidine groups is 1. The molecule has 0 saturated carbocycles. The number of carbonyl (C=O) groups excluding carboxylic acids is 1. The molecule has 152 valence electrons. The predicted molar refractivity (Wildman–Crippen MR) is 116 cm³/mol. The molecule has 0 bridgehead atoms. The SMILES string of the molecule is CCNC(=NCC(=O)N1CCCC1)NCCc1noc(-c2ccccn2)n1.I. The van der Waals surface area contributed by atoms with Gasteiger partial charge in [-0.3, -0.25) is 9.78 Å². The van der Waals surface area contributed by atoms with Crippen LogP contribution < -0.4 is 10.6 Å². The molecule has 28 heavy (non-hydrogen) atoms. The summed E-state index contributed by atoms with van der Waals surface area (Å²) in [4.78, 5) is 26.9. The summed E-state index contributed by atoms with van der Waals surface area (Å²) >= 11 is 0. The number of carbonyl (C=O) groups is 1. The molecule has 10 heteroatoms. The Bertz CT molecular complexity index is 760. The van der Waals surface area contributed by atoms with Gasteiger partial charge < -0.3 is 20.1 Å². The Hall–Kier alpha value is -2.24. The van der Waals surface area contributed by atoms with Gasteiger partial charge in [-0.05, 0) is 31.9 Å². The summed E-state index contributed by atoms with van der Waals surface area (Å²) in [5.41, 5.74) is 0.652. The Morgan fingerprint density at radius 3 is 2.82 bits per heavy atom. The van der Waals surface area contributed by atoms with Crippen molar-refractivity contribution < 1.29 is 9.32 Å². The number of aliphatic imine (C=N–C) groups is 1. The fourth-order valence-electron chi connectivity index (χ4n) is 2.80. The second kappa shape index (κ2) is 11.6. The minimum absolute atomic E-state index is 0. The molecule has 0 atom stereocenters. The molecular formula is C18H26IN7O2. The molecule has 0 aliphatic carbocycles. The lowest BCUT2D eigenvalue weighted by atomic mass is 10.3. The Kier molecular flexibility index (Phi) is 9.11. The first-order valence-corrected chi connectivity index (χ1v) is 9.30. The van der Waals surface area contributed by atoms with Gasteiger partial charge in [0, 0.05) is 38.8 Å². The number of nitrogens with zero attached hydrogens (tertiary/aromatic N) is 5. The molecule has 1 aliphatic rings. The van der Waals surface area contributed by atoms with Crippen LogP contribution in [-0.2, 0) is 11.2 Å². The van der Waals surface area contributed by atoms with Crippen LogP contribution in [0.5, 0.6) is 0 Å². The van der Waals surface area contributed by atoms with Crippen LogP contribution in [0.15, 0.2) is 33.9 Å². The Morgan fingerprint density at radius 1 is 1.29 bits per heavy atom. The average Bonchev–Trinajstić information content (AvgIpc) is 3.39. The van der Waals surface area contributed by atoms with Gasteiger partial charge in [-0.1, -0.05) is 11.2 Å².